The Bertz CT molecular complexity index is 197. The predicted octanol–water partition coefficient (Wildman–Crippen LogP) is 2.46. The maximum absolute atomic E-state index is 11.5. The molecule has 0 saturated carbocycles. The van der Waals surface area contributed by atoms with Crippen molar-refractivity contribution in [3.8, 4) is 0 Å². The van der Waals surface area contributed by atoms with Crippen LogP contribution in [-0.2, 0) is 4.79 Å². The molecule has 1 unspecified atom stereocenters. The Morgan fingerprint density at radius 2 is 1.88 bits per heavy atom. The molecule has 0 aliphatic rings. The molecule has 0 radical (unpaired) electrons. The molecular formula is C13H28N2O. The fraction of sp³-hybridized carbons (Fsp3) is 0.923. The van der Waals surface area contributed by atoms with Gasteiger partial charge >= 0.3 is 0 Å². The molecule has 0 rings (SSSR count). The topological polar surface area (TPSA) is 41.1 Å². The van der Waals surface area contributed by atoms with Crippen molar-refractivity contribution in [1.82, 2.24) is 10.6 Å². The molecule has 1 amide bonds. The summed E-state index contributed by atoms with van der Waals surface area (Å²) in [5.41, 5.74) is -0.135. The lowest BCUT2D eigenvalue weighted by atomic mass is 10.1. The molecule has 0 heterocycles. The van der Waals surface area contributed by atoms with Gasteiger partial charge in [-0.2, -0.15) is 0 Å². The standard InChI is InChI=1S/C13H28N2O/c1-6-7-8-9-11(2)14-10-12(16)15-13(3,4)5/h11,14H,6-10H2,1-5H3,(H,15,16). The molecule has 0 bridgehead atoms. The molecule has 3 heteroatoms. The van der Waals surface area contributed by atoms with E-state index < -0.39 is 0 Å². The van der Waals surface area contributed by atoms with E-state index in [1.54, 1.807) is 0 Å². The number of hydrogen-bond donors (Lipinski definition) is 2. The molecule has 0 aromatic heterocycles. The maximum atomic E-state index is 11.5. The minimum Gasteiger partial charge on any atom is -0.350 e. The highest BCUT2D eigenvalue weighted by Gasteiger charge is 2.13. The van der Waals surface area contributed by atoms with Gasteiger partial charge in [-0.1, -0.05) is 26.2 Å². The van der Waals surface area contributed by atoms with E-state index in [1.807, 2.05) is 20.8 Å². The minimum absolute atomic E-state index is 0.0786. The summed E-state index contributed by atoms with van der Waals surface area (Å²) in [6, 6.07) is 0.428. The Hall–Kier alpha value is -0.570. The SMILES string of the molecule is CCCCCC(C)NCC(=O)NC(C)(C)C. The second-order valence-corrected chi connectivity index (χ2v) is 5.58. The number of nitrogens with one attached hydrogen (secondary N) is 2. The molecule has 0 fully saturated rings. The van der Waals surface area contributed by atoms with Crippen molar-refractivity contribution < 1.29 is 4.79 Å². The van der Waals surface area contributed by atoms with Crippen molar-refractivity contribution in [1.29, 1.82) is 0 Å². The van der Waals surface area contributed by atoms with Crippen LogP contribution in [0, 0.1) is 0 Å². The number of amides is 1. The molecule has 96 valence electrons. The van der Waals surface area contributed by atoms with E-state index in [0.717, 1.165) is 6.42 Å². The molecule has 0 aromatic rings. The summed E-state index contributed by atoms with van der Waals surface area (Å²) >= 11 is 0. The quantitative estimate of drug-likeness (QED) is 0.657. The van der Waals surface area contributed by atoms with Gasteiger partial charge < -0.3 is 10.6 Å². The van der Waals surface area contributed by atoms with Gasteiger partial charge in [0.2, 0.25) is 5.91 Å². The van der Waals surface area contributed by atoms with Gasteiger partial charge in [-0.3, -0.25) is 4.79 Å². The fourth-order valence-electron chi connectivity index (χ4n) is 1.53. The zero-order valence-electron chi connectivity index (χ0n) is 11.5. The highest BCUT2D eigenvalue weighted by atomic mass is 16.2. The molecule has 0 aromatic carbocycles. The first kappa shape index (κ1) is 15.4. The van der Waals surface area contributed by atoms with E-state index in [2.05, 4.69) is 24.5 Å². The molecule has 16 heavy (non-hydrogen) atoms. The number of rotatable bonds is 7. The lowest BCUT2D eigenvalue weighted by molar-refractivity contribution is -0.121. The third kappa shape index (κ3) is 9.97. The van der Waals surface area contributed by atoms with Gasteiger partial charge in [0, 0.05) is 11.6 Å². The predicted molar refractivity (Wildman–Crippen MR) is 69.5 cm³/mol. The second kappa shape index (κ2) is 7.66. The summed E-state index contributed by atoms with van der Waals surface area (Å²) in [6.45, 7) is 10.8. The van der Waals surface area contributed by atoms with Crippen LogP contribution in [0.15, 0.2) is 0 Å². The van der Waals surface area contributed by atoms with E-state index >= 15 is 0 Å². The molecule has 3 nitrogen and oxygen atoms in total. The fourth-order valence-corrected chi connectivity index (χ4v) is 1.53. The summed E-state index contributed by atoms with van der Waals surface area (Å²) in [6.07, 6.45) is 4.92. The Labute approximate surface area is 100 Å². The molecule has 2 N–H and O–H groups in total. The van der Waals surface area contributed by atoms with Crippen molar-refractivity contribution in [2.45, 2.75) is 71.9 Å². The van der Waals surface area contributed by atoms with Crippen molar-refractivity contribution in [3.05, 3.63) is 0 Å². The largest absolute Gasteiger partial charge is 0.350 e. The van der Waals surface area contributed by atoms with Crippen molar-refractivity contribution in [2.75, 3.05) is 6.54 Å². The maximum Gasteiger partial charge on any atom is 0.234 e. The number of hydrogen-bond acceptors (Lipinski definition) is 2. The third-order valence-electron chi connectivity index (χ3n) is 2.37. The van der Waals surface area contributed by atoms with Crippen LogP contribution in [0.2, 0.25) is 0 Å². The van der Waals surface area contributed by atoms with Gasteiger partial charge in [-0.05, 0) is 34.1 Å². The highest BCUT2D eigenvalue weighted by molar-refractivity contribution is 5.78. The third-order valence-corrected chi connectivity index (χ3v) is 2.37. The minimum atomic E-state index is -0.135. The van der Waals surface area contributed by atoms with E-state index in [9.17, 15) is 4.79 Å². The summed E-state index contributed by atoms with van der Waals surface area (Å²) < 4.78 is 0. The smallest absolute Gasteiger partial charge is 0.234 e. The molecule has 0 aliphatic carbocycles. The Morgan fingerprint density at radius 3 is 2.38 bits per heavy atom. The summed E-state index contributed by atoms with van der Waals surface area (Å²) in [5.74, 6) is 0.0786. The van der Waals surface area contributed by atoms with E-state index in [1.165, 1.54) is 19.3 Å². The van der Waals surface area contributed by atoms with Crippen LogP contribution in [0.25, 0.3) is 0 Å². The van der Waals surface area contributed by atoms with E-state index in [0.29, 0.717) is 12.6 Å². The zero-order chi connectivity index (χ0) is 12.6. The first-order valence-corrected chi connectivity index (χ1v) is 6.39. The lowest BCUT2D eigenvalue weighted by Gasteiger charge is -2.21. The molecule has 0 aliphatic heterocycles. The molecule has 1 atom stereocenters. The molecule has 0 spiro atoms. The summed E-state index contributed by atoms with van der Waals surface area (Å²) in [5, 5.41) is 6.19. The average Bonchev–Trinajstić information content (AvgIpc) is 2.12. The normalized spacial score (nSPS) is 13.6. The van der Waals surface area contributed by atoms with E-state index in [-0.39, 0.29) is 11.4 Å². The van der Waals surface area contributed by atoms with Crippen LogP contribution in [0.1, 0.15) is 60.3 Å². The monoisotopic (exact) mass is 228 g/mol. The highest BCUT2D eigenvalue weighted by Crippen LogP contribution is 2.02. The summed E-state index contributed by atoms with van der Waals surface area (Å²) in [7, 11) is 0. The van der Waals surface area contributed by atoms with Gasteiger partial charge in [-0.25, -0.2) is 0 Å². The van der Waals surface area contributed by atoms with Crippen LogP contribution in [0.3, 0.4) is 0 Å². The van der Waals surface area contributed by atoms with Crippen molar-refractivity contribution in [3.63, 3.8) is 0 Å². The van der Waals surface area contributed by atoms with Gasteiger partial charge in [0.1, 0.15) is 0 Å². The van der Waals surface area contributed by atoms with Crippen LogP contribution >= 0.6 is 0 Å². The zero-order valence-corrected chi connectivity index (χ0v) is 11.5. The summed E-state index contributed by atoms with van der Waals surface area (Å²) in [4.78, 5) is 11.5. The Balaban J connectivity index is 3.59. The molecule has 0 saturated heterocycles. The Kier molecular flexibility index (Phi) is 7.39. The van der Waals surface area contributed by atoms with Crippen molar-refractivity contribution >= 4 is 5.91 Å². The second-order valence-electron chi connectivity index (χ2n) is 5.58. The number of carbonyl (C=O) groups excluding carboxylic acids is 1. The van der Waals surface area contributed by atoms with Crippen molar-refractivity contribution in [2.24, 2.45) is 0 Å². The van der Waals surface area contributed by atoms with Crippen LogP contribution in [-0.4, -0.2) is 24.0 Å². The first-order valence-electron chi connectivity index (χ1n) is 6.39. The van der Waals surface area contributed by atoms with Crippen LogP contribution in [0.5, 0.6) is 0 Å². The van der Waals surface area contributed by atoms with E-state index in [4.69, 9.17) is 0 Å². The average molecular weight is 228 g/mol. The van der Waals surface area contributed by atoms with Crippen LogP contribution in [0.4, 0.5) is 0 Å². The number of unbranched alkanes of at least 4 members (excludes halogenated alkanes) is 2. The van der Waals surface area contributed by atoms with Gasteiger partial charge in [-0.15, -0.1) is 0 Å². The first-order chi connectivity index (χ1) is 7.35. The van der Waals surface area contributed by atoms with Gasteiger partial charge in [0.25, 0.3) is 0 Å². The van der Waals surface area contributed by atoms with Crippen LogP contribution < -0.4 is 10.6 Å². The molecular weight excluding hydrogens is 200 g/mol. The lowest BCUT2D eigenvalue weighted by Crippen LogP contribution is -2.46. The van der Waals surface area contributed by atoms with Gasteiger partial charge in [0.05, 0.1) is 6.54 Å². The Morgan fingerprint density at radius 1 is 1.25 bits per heavy atom. The number of carbonyl (C=O) groups is 1. The van der Waals surface area contributed by atoms with Gasteiger partial charge in [0.15, 0.2) is 0 Å².